The maximum atomic E-state index is 6.02. The van der Waals surface area contributed by atoms with E-state index in [1.807, 2.05) is 0 Å². The average Bonchev–Trinajstić information content (AvgIpc) is 2.39. The van der Waals surface area contributed by atoms with Crippen molar-refractivity contribution in [3.05, 3.63) is 35.4 Å². The highest BCUT2D eigenvalue weighted by Gasteiger charge is 2.25. The first kappa shape index (κ1) is 15.5. The van der Waals surface area contributed by atoms with Gasteiger partial charge in [-0.3, -0.25) is 4.90 Å². The number of benzene rings is 1. The van der Waals surface area contributed by atoms with Gasteiger partial charge in [-0.1, -0.05) is 45.0 Å². The summed E-state index contributed by atoms with van der Waals surface area (Å²) in [6, 6.07) is 9.25. The monoisotopic (exact) mass is 276 g/mol. The number of ether oxygens (including phenoxy) is 1. The number of hydrogen-bond donors (Lipinski definition) is 1. The van der Waals surface area contributed by atoms with Crippen LogP contribution >= 0.6 is 0 Å². The highest BCUT2D eigenvalue weighted by molar-refractivity contribution is 5.29. The zero-order valence-corrected chi connectivity index (χ0v) is 13.2. The van der Waals surface area contributed by atoms with Gasteiger partial charge < -0.3 is 10.5 Å². The van der Waals surface area contributed by atoms with E-state index in [0.717, 1.165) is 19.7 Å². The second kappa shape index (κ2) is 6.25. The quantitative estimate of drug-likeness (QED) is 0.922. The summed E-state index contributed by atoms with van der Waals surface area (Å²) in [5.41, 5.74) is 8.90. The van der Waals surface area contributed by atoms with Gasteiger partial charge in [-0.25, -0.2) is 0 Å². The summed E-state index contributed by atoms with van der Waals surface area (Å²) in [4.78, 5) is 2.44. The van der Waals surface area contributed by atoms with E-state index < -0.39 is 0 Å². The Morgan fingerprint density at radius 2 is 1.95 bits per heavy atom. The number of rotatable bonds is 3. The smallest absolute Gasteiger partial charge is 0.0674 e. The van der Waals surface area contributed by atoms with Gasteiger partial charge in [0.1, 0.15) is 0 Å². The molecule has 2 N–H and O–H groups in total. The van der Waals surface area contributed by atoms with Gasteiger partial charge in [-0.2, -0.15) is 0 Å². The number of morpholine rings is 1. The van der Waals surface area contributed by atoms with Gasteiger partial charge in [0.15, 0.2) is 0 Å². The topological polar surface area (TPSA) is 38.5 Å². The molecule has 0 amide bonds. The molecule has 20 heavy (non-hydrogen) atoms. The summed E-state index contributed by atoms with van der Waals surface area (Å²) < 4.78 is 5.62. The third kappa shape index (κ3) is 3.60. The van der Waals surface area contributed by atoms with Crippen LogP contribution in [0.3, 0.4) is 0 Å². The SMILES string of the molecule is CC1CN(C(CN)c2ccc(C(C)(C)C)cc2)CCO1. The summed E-state index contributed by atoms with van der Waals surface area (Å²) in [5.74, 6) is 0. The maximum Gasteiger partial charge on any atom is 0.0674 e. The van der Waals surface area contributed by atoms with Crippen LogP contribution in [0.15, 0.2) is 24.3 Å². The maximum absolute atomic E-state index is 6.02. The Labute approximate surface area is 123 Å². The van der Waals surface area contributed by atoms with Crippen molar-refractivity contribution in [3.63, 3.8) is 0 Å². The van der Waals surface area contributed by atoms with Crippen LogP contribution in [0.4, 0.5) is 0 Å². The molecule has 2 unspecified atom stereocenters. The van der Waals surface area contributed by atoms with E-state index in [4.69, 9.17) is 10.5 Å². The van der Waals surface area contributed by atoms with E-state index >= 15 is 0 Å². The number of nitrogens with zero attached hydrogens (tertiary/aromatic N) is 1. The van der Waals surface area contributed by atoms with Crippen molar-refractivity contribution in [3.8, 4) is 0 Å². The van der Waals surface area contributed by atoms with Crippen molar-refractivity contribution >= 4 is 0 Å². The van der Waals surface area contributed by atoms with Gasteiger partial charge in [0, 0.05) is 25.7 Å². The Balaban J connectivity index is 2.15. The van der Waals surface area contributed by atoms with Crippen LogP contribution in [0.5, 0.6) is 0 Å². The van der Waals surface area contributed by atoms with Crippen LogP contribution in [0.25, 0.3) is 0 Å². The number of nitrogens with two attached hydrogens (primary N) is 1. The predicted molar refractivity (Wildman–Crippen MR) is 83.9 cm³/mol. The second-order valence-corrected chi connectivity index (χ2v) is 6.80. The molecule has 1 heterocycles. The molecule has 0 bridgehead atoms. The van der Waals surface area contributed by atoms with Crippen LogP contribution in [0.1, 0.15) is 44.9 Å². The molecule has 0 aliphatic carbocycles. The first-order chi connectivity index (χ1) is 9.41. The van der Waals surface area contributed by atoms with Gasteiger partial charge in [0.25, 0.3) is 0 Å². The Kier molecular flexibility index (Phi) is 4.84. The molecule has 0 spiro atoms. The lowest BCUT2D eigenvalue weighted by Crippen LogP contribution is -2.45. The second-order valence-electron chi connectivity index (χ2n) is 6.80. The minimum absolute atomic E-state index is 0.199. The van der Waals surface area contributed by atoms with E-state index in [1.165, 1.54) is 11.1 Å². The first-order valence-corrected chi connectivity index (χ1v) is 7.58. The average molecular weight is 276 g/mol. The zero-order valence-electron chi connectivity index (χ0n) is 13.2. The Bertz CT molecular complexity index is 422. The van der Waals surface area contributed by atoms with Gasteiger partial charge in [-0.15, -0.1) is 0 Å². The molecule has 1 aliphatic rings. The van der Waals surface area contributed by atoms with Crippen LogP contribution < -0.4 is 5.73 Å². The molecule has 0 saturated carbocycles. The van der Waals surface area contributed by atoms with Gasteiger partial charge >= 0.3 is 0 Å². The van der Waals surface area contributed by atoms with E-state index in [1.54, 1.807) is 0 Å². The van der Waals surface area contributed by atoms with Gasteiger partial charge in [0.2, 0.25) is 0 Å². The summed E-state index contributed by atoms with van der Waals surface area (Å²) >= 11 is 0. The Hall–Kier alpha value is -0.900. The summed E-state index contributed by atoms with van der Waals surface area (Å²) in [7, 11) is 0. The van der Waals surface area contributed by atoms with Crippen LogP contribution in [0, 0.1) is 0 Å². The molecule has 1 fully saturated rings. The van der Waals surface area contributed by atoms with E-state index in [2.05, 4.69) is 56.9 Å². The molecule has 112 valence electrons. The molecule has 3 nitrogen and oxygen atoms in total. The van der Waals surface area contributed by atoms with Gasteiger partial charge in [0.05, 0.1) is 12.7 Å². The van der Waals surface area contributed by atoms with Crippen LogP contribution in [0.2, 0.25) is 0 Å². The Morgan fingerprint density at radius 1 is 1.30 bits per heavy atom. The summed E-state index contributed by atoms with van der Waals surface area (Å²) in [6.45, 7) is 12.2. The zero-order chi connectivity index (χ0) is 14.8. The molecule has 0 aromatic heterocycles. The first-order valence-electron chi connectivity index (χ1n) is 7.58. The predicted octanol–water partition coefficient (Wildman–Crippen LogP) is 2.70. The minimum Gasteiger partial charge on any atom is -0.376 e. The lowest BCUT2D eigenvalue weighted by atomic mass is 9.86. The fourth-order valence-corrected chi connectivity index (χ4v) is 2.83. The van der Waals surface area contributed by atoms with Crippen molar-refractivity contribution in [1.82, 2.24) is 4.90 Å². The van der Waals surface area contributed by atoms with Crippen molar-refractivity contribution in [1.29, 1.82) is 0 Å². The normalized spacial score (nSPS) is 22.8. The lowest BCUT2D eigenvalue weighted by molar-refractivity contribution is -0.0333. The lowest BCUT2D eigenvalue weighted by Gasteiger charge is -2.37. The third-order valence-electron chi connectivity index (χ3n) is 4.10. The minimum atomic E-state index is 0.199. The molecule has 1 aromatic rings. The van der Waals surface area contributed by atoms with E-state index in [-0.39, 0.29) is 5.41 Å². The number of hydrogen-bond acceptors (Lipinski definition) is 3. The summed E-state index contributed by atoms with van der Waals surface area (Å²) in [6.07, 6.45) is 0.298. The molecule has 2 rings (SSSR count). The molecular formula is C17H28N2O. The van der Waals surface area contributed by atoms with E-state index in [9.17, 15) is 0 Å². The Morgan fingerprint density at radius 3 is 2.45 bits per heavy atom. The van der Waals surface area contributed by atoms with Crippen LogP contribution in [-0.2, 0) is 10.2 Å². The fraction of sp³-hybridized carbons (Fsp3) is 0.647. The van der Waals surface area contributed by atoms with Crippen molar-refractivity contribution in [2.75, 3.05) is 26.2 Å². The molecule has 1 aromatic carbocycles. The van der Waals surface area contributed by atoms with E-state index in [0.29, 0.717) is 18.7 Å². The van der Waals surface area contributed by atoms with Gasteiger partial charge in [-0.05, 0) is 23.5 Å². The van der Waals surface area contributed by atoms with Crippen molar-refractivity contribution in [2.24, 2.45) is 5.73 Å². The highest BCUT2D eigenvalue weighted by Crippen LogP contribution is 2.26. The molecule has 1 aliphatic heterocycles. The molecule has 0 radical (unpaired) electrons. The largest absolute Gasteiger partial charge is 0.376 e. The standard InChI is InChI=1S/C17H28N2O/c1-13-12-19(9-10-20-13)16(11-18)14-5-7-15(8-6-14)17(2,3)4/h5-8,13,16H,9-12,18H2,1-4H3. The highest BCUT2D eigenvalue weighted by atomic mass is 16.5. The van der Waals surface area contributed by atoms with Crippen LogP contribution in [-0.4, -0.2) is 37.2 Å². The molecule has 1 saturated heterocycles. The molecule has 2 atom stereocenters. The molecule has 3 heteroatoms. The third-order valence-corrected chi connectivity index (χ3v) is 4.10. The fourth-order valence-electron chi connectivity index (χ4n) is 2.83. The van der Waals surface area contributed by atoms with Crippen molar-refractivity contribution < 1.29 is 4.74 Å². The molecular weight excluding hydrogens is 248 g/mol. The summed E-state index contributed by atoms with van der Waals surface area (Å²) in [5, 5.41) is 0. The van der Waals surface area contributed by atoms with Crippen molar-refractivity contribution in [2.45, 2.75) is 45.3 Å².